The number of ether oxygens (including phenoxy) is 2. The van der Waals surface area contributed by atoms with E-state index >= 15 is 0 Å². The van der Waals surface area contributed by atoms with Crippen LogP contribution in [0.25, 0.3) is 11.3 Å². The van der Waals surface area contributed by atoms with E-state index in [1.165, 1.54) is 7.11 Å². The van der Waals surface area contributed by atoms with Crippen molar-refractivity contribution in [3.63, 3.8) is 0 Å². The van der Waals surface area contributed by atoms with Crippen LogP contribution in [0.3, 0.4) is 0 Å². The number of pyridine rings is 1. The van der Waals surface area contributed by atoms with Gasteiger partial charge in [0.2, 0.25) is 0 Å². The SMILES string of the molecule is COc1ccccc1-c1nc(C(=O)N[C@@H](CC(=O)O)c2ccc(C)cc2)ccc1OC. The van der Waals surface area contributed by atoms with Crippen LogP contribution in [0.15, 0.2) is 60.7 Å². The highest BCUT2D eigenvalue weighted by Crippen LogP contribution is 2.34. The number of carboxylic acid groups (broad SMARTS) is 1. The number of carbonyl (C=O) groups is 2. The van der Waals surface area contributed by atoms with Gasteiger partial charge in [-0.15, -0.1) is 0 Å². The zero-order valence-electron chi connectivity index (χ0n) is 17.6. The second-order valence-electron chi connectivity index (χ2n) is 6.98. The molecule has 7 nitrogen and oxygen atoms in total. The molecule has 2 N–H and O–H groups in total. The molecule has 2 aromatic carbocycles. The Hall–Kier alpha value is -3.87. The van der Waals surface area contributed by atoms with Crippen molar-refractivity contribution in [2.75, 3.05) is 14.2 Å². The zero-order valence-corrected chi connectivity index (χ0v) is 17.6. The molecule has 1 amide bonds. The van der Waals surface area contributed by atoms with Crippen molar-refractivity contribution in [3.05, 3.63) is 77.5 Å². The Balaban J connectivity index is 1.95. The van der Waals surface area contributed by atoms with Crippen LogP contribution in [0, 0.1) is 6.92 Å². The van der Waals surface area contributed by atoms with Crippen LogP contribution in [-0.2, 0) is 4.79 Å². The maximum atomic E-state index is 13.0. The molecular weight excluding hydrogens is 396 g/mol. The molecule has 0 aliphatic carbocycles. The number of hydrogen-bond acceptors (Lipinski definition) is 5. The standard InChI is InChI=1S/C24H24N2O5/c1-15-8-10-16(11-9-15)19(14-22(27)28)26-24(29)18-12-13-21(31-3)23(25-18)17-6-4-5-7-20(17)30-2/h4-13,19H,14H2,1-3H3,(H,26,29)(H,27,28)/t19-/m0/s1. The fourth-order valence-corrected chi connectivity index (χ4v) is 3.23. The summed E-state index contributed by atoms with van der Waals surface area (Å²) >= 11 is 0. The molecule has 0 saturated carbocycles. The van der Waals surface area contributed by atoms with E-state index < -0.39 is 17.9 Å². The minimum absolute atomic E-state index is 0.143. The van der Waals surface area contributed by atoms with Gasteiger partial charge in [-0.1, -0.05) is 42.0 Å². The molecule has 1 atom stereocenters. The summed E-state index contributed by atoms with van der Waals surface area (Å²) in [6, 6.07) is 17.2. The minimum Gasteiger partial charge on any atom is -0.496 e. The average molecular weight is 420 g/mol. The fourth-order valence-electron chi connectivity index (χ4n) is 3.23. The van der Waals surface area contributed by atoms with Gasteiger partial charge in [0.15, 0.2) is 0 Å². The van der Waals surface area contributed by atoms with Crippen molar-refractivity contribution in [2.45, 2.75) is 19.4 Å². The van der Waals surface area contributed by atoms with Crippen LogP contribution in [0.5, 0.6) is 11.5 Å². The number of carbonyl (C=O) groups excluding carboxylic acids is 1. The molecule has 0 aliphatic rings. The van der Waals surface area contributed by atoms with Crippen LogP contribution >= 0.6 is 0 Å². The molecule has 3 aromatic rings. The smallest absolute Gasteiger partial charge is 0.305 e. The predicted molar refractivity (Wildman–Crippen MR) is 116 cm³/mol. The van der Waals surface area contributed by atoms with E-state index in [9.17, 15) is 14.7 Å². The Morgan fingerprint density at radius 2 is 1.65 bits per heavy atom. The molecule has 1 heterocycles. The summed E-state index contributed by atoms with van der Waals surface area (Å²) in [6.45, 7) is 1.94. The molecule has 0 bridgehead atoms. The number of aromatic nitrogens is 1. The minimum atomic E-state index is -1.01. The summed E-state index contributed by atoms with van der Waals surface area (Å²) in [4.78, 5) is 28.8. The number of rotatable bonds is 8. The lowest BCUT2D eigenvalue weighted by molar-refractivity contribution is -0.137. The fraction of sp³-hybridized carbons (Fsp3) is 0.208. The first-order valence-electron chi connectivity index (χ1n) is 9.70. The van der Waals surface area contributed by atoms with Gasteiger partial charge in [0, 0.05) is 5.56 Å². The Kier molecular flexibility index (Phi) is 6.87. The summed E-state index contributed by atoms with van der Waals surface area (Å²) in [7, 11) is 3.08. The van der Waals surface area contributed by atoms with Crippen molar-refractivity contribution in [1.29, 1.82) is 0 Å². The van der Waals surface area contributed by atoms with Gasteiger partial charge < -0.3 is 19.9 Å². The highest BCUT2D eigenvalue weighted by atomic mass is 16.5. The number of para-hydroxylation sites is 1. The molecular formula is C24H24N2O5. The lowest BCUT2D eigenvalue weighted by atomic mass is 10.0. The van der Waals surface area contributed by atoms with Crippen LogP contribution < -0.4 is 14.8 Å². The summed E-state index contributed by atoms with van der Waals surface area (Å²) in [5, 5.41) is 12.1. The number of benzene rings is 2. The van der Waals surface area contributed by atoms with Crippen molar-refractivity contribution in [3.8, 4) is 22.8 Å². The van der Waals surface area contributed by atoms with Gasteiger partial charge in [-0.05, 0) is 36.8 Å². The van der Waals surface area contributed by atoms with Gasteiger partial charge in [0.1, 0.15) is 22.9 Å². The second-order valence-corrected chi connectivity index (χ2v) is 6.98. The van der Waals surface area contributed by atoms with Gasteiger partial charge in [-0.2, -0.15) is 0 Å². The number of amides is 1. The number of aryl methyl sites for hydroxylation is 1. The first-order valence-corrected chi connectivity index (χ1v) is 9.70. The summed E-state index contributed by atoms with van der Waals surface area (Å²) < 4.78 is 10.8. The van der Waals surface area contributed by atoms with E-state index in [4.69, 9.17) is 9.47 Å². The number of aliphatic carboxylic acids is 1. The van der Waals surface area contributed by atoms with Crippen molar-refractivity contribution in [2.24, 2.45) is 0 Å². The lowest BCUT2D eigenvalue weighted by Crippen LogP contribution is -2.31. The lowest BCUT2D eigenvalue weighted by Gasteiger charge is -2.18. The average Bonchev–Trinajstić information content (AvgIpc) is 2.78. The number of methoxy groups -OCH3 is 2. The summed E-state index contributed by atoms with van der Waals surface area (Å²) in [5.41, 5.74) is 3.03. The quantitative estimate of drug-likeness (QED) is 0.571. The molecule has 0 saturated heterocycles. The Labute approximate surface area is 180 Å². The van der Waals surface area contributed by atoms with Crippen molar-refractivity contribution in [1.82, 2.24) is 10.3 Å². The molecule has 0 aliphatic heterocycles. The van der Waals surface area contributed by atoms with Crippen LogP contribution in [0.1, 0.15) is 34.1 Å². The van der Waals surface area contributed by atoms with Crippen LogP contribution in [0.2, 0.25) is 0 Å². The largest absolute Gasteiger partial charge is 0.496 e. The first kappa shape index (κ1) is 21.8. The number of nitrogens with one attached hydrogen (secondary N) is 1. The third-order valence-electron chi connectivity index (χ3n) is 4.84. The Morgan fingerprint density at radius 3 is 2.29 bits per heavy atom. The molecule has 31 heavy (non-hydrogen) atoms. The molecule has 7 heteroatoms. The van der Waals surface area contributed by atoms with Crippen molar-refractivity contribution < 1.29 is 24.2 Å². The van der Waals surface area contributed by atoms with E-state index in [0.717, 1.165) is 5.56 Å². The van der Waals surface area contributed by atoms with E-state index in [-0.39, 0.29) is 12.1 Å². The van der Waals surface area contributed by atoms with E-state index in [0.29, 0.717) is 28.3 Å². The maximum absolute atomic E-state index is 13.0. The number of carboxylic acids is 1. The van der Waals surface area contributed by atoms with Gasteiger partial charge in [-0.25, -0.2) is 4.98 Å². The third kappa shape index (κ3) is 5.19. The first-order chi connectivity index (χ1) is 14.9. The Morgan fingerprint density at radius 1 is 0.968 bits per heavy atom. The normalized spacial score (nSPS) is 11.5. The summed E-state index contributed by atoms with van der Waals surface area (Å²) in [5.74, 6) is -0.412. The van der Waals surface area contributed by atoms with Gasteiger partial charge in [0.25, 0.3) is 5.91 Å². The van der Waals surface area contributed by atoms with Crippen LogP contribution in [0.4, 0.5) is 0 Å². The third-order valence-corrected chi connectivity index (χ3v) is 4.84. The molecule has 0 spiro atoms. The van der Waals surface area contributed by atoms with Crippen molar-refractivity contribution >= 4 is 11.9 Å². The monoisotopic (exact) mass is 420 g/mol. The number of nitrogens with zero attached hydrogens (tertiary/aromatic N) is 1. The van der Waals surface area contributed by atoms with E-state index in [1.54, 1.807) is 25.3 Å². The predicted octanol–water partition coefficient (Wildman–Crippen LogP) is 4.02. The molecule has 160 valence electrons. The number of hydrogen-bond donors (Lipinski definition) is 2. The molecule has 0 radical (unpaired) electrons. The molecule has 3 rings (SSSR count). The highest BCUT2D eigenvalue weighted by molar-refractivity contribution is 5.94. The Bertz CT molecular complexity index is 1080. The maximum Gasteiger partial charge on any atom is 0.305 e. The van der Waals surface area contributed by atoms with E-state index in [2.05, 4.69) is 10.3 Å². The van der Waals surface area contributed by atoms with Gasteiger partial charge >= 0.3 is 5.97 Å². The van der Waals surface area contributed by atoms with E-state index in [1.807, 2.05) is 49.4 Å². The summed E-state index contributed by atoms with van der Waals surface area (Å²) in [6.07, 6.45) is -0.246. The topological polar surface area (TPSA) is 97.8 Å². The second kappa shape index (κ2) is 9.75. The molecule has 0 fully saturated rings. The van der Waals surface area contributed by atoms with Gasteiger partial charge in [0.05, 0.1) is 26.7 Å². The molecule has 0 unspecified atom stereocenters. The highest BCUT2D eigenvalue weighted by Gasteiger charge is 2.21. The zero-order chi connectivity index (χ0) is 22.4. The molecule has 1 aromatic heterocycles. The van der Waals surface area contributed by atoms with Crippen LogP contribution in [-0.4, -0.2) is 36.2 Å². The van der Waals surface area contributed by atoms with Gasteiger partial charge in [-0.3, -0.25) is 9.59 Å².